The summed E-state index contributed by atoms with van der Waals surface area (Å²) >= 11 is 9.27. The van der Waals surface area contributed by atoms with Gasteiger partial charge in [0.05, 0.1) is 9.92 Å². The van der Waals surface area contributed by atoms with Gasteiger partial charge in [-0.3, -0.25) is 4.98 Å². The van der Waals surface area contributed by atoms with Crippen molar-refractivity contribution in [2.24, 2.45) is 5.14 Å². The number of ether oxygens (including phenoxy) is 1. The quantitative estimate of drug-likeness (QED) is 0.888. The Morgan fingerprint density at radius 2 is 2.05 bits per heavy atom. The largest absolute Gasteiger partial charge is 0.487 e. The summed E-state index contributed by atoms with van der Waals surface area (Å²) in [7, 11) is -3.77. The van der Waals surface area contributed by atoms with Crippen LogP contribution in [0, 0.1) is 0 Å². The number of pyridine rings is 1. The molecule has 0 spiro atoms. The fourth-order valence-corrected chi connectivity index (χ4v) is 2.72. The fourth-order valence-electron chi connectivity index (χ4n) is 1.47. The highest BCUT2D eigenvalue weighted by atomic mass is 79.9. The monoisotopic (exact) mass is 376 g/mol. The van der Waals surface area contributed by atoms with Gasteiger partial charge in [0.1, 0.15) is 12.4 Å². The molecular formula is C12H10BrClN2O3S. The van der Waals surface area contributed by atoms with E-state index in [9.17, 15) is 8.42 Å². The van der Waals surface area contributed by atoms with E-state index < -0.39 is 10.0 Å². The van der Waals surface area contributed by atoms with E-state index in [1.807, 2.05) is 6.07 Å². The lowest BCUT2D eigenvalue weighted by Gasteiger charge is -2.09. The van der Waals surface area contributed by atoms with E-state index in [1.54, 1.807) is 12.4 Å². The number of primary sulfonamides is 1. The van der Waals surface area contributed by atoms with Crippen LogP contribution in [-0.4, -0.2) is 13.4 Å². The molecule has 0 radical (unpaired) electrons. The summed E-state index contributed by atoms with van der Waals surface area (Å²) in [6.07, 6.45) is 3.33. The molecule has 1 heterocycles. The highest BCUT2D eigenvalue weighted by molar-refractivity contribution is 9.10. The minimum atomic E-state index is -3.77. The third-order valence-corrected chi connectivity index (χ3v) is 4.03. The van der Waals surface area contributed by atoms with Crippen LogP contribution < -0.4 is 9.88 Å². The molecule has 0 atom stereocenters. The van der Waals surface area contributed by atoms with Crippen LogP contribution in [0.4, 0.5) is 0 Å². The molecule has 2 N–H and O–H groups in total. The zero-order valence-corrected chi connectivity index (χ0v) is 13.2. The zero-order chi connectivity index (χ0) is 14.8. The second-order valence-electron chi connectivity index (χ2n) is 3.94. The molecule has 8 heteroatoms. The lowest BCUT2D eigenvalue weighted by atomic mass is 10.3. The number of hydrogen-bond donors (Lipinski definition) is 1. The van der Waals surface area contributed by atoms with Gasteiger partial charge in [-0.05, 0) is 40.2 Å². The molecule has 0 aliphatic carbocycles. The Balaban J connectivity index is 2.15. The molecular weight excluding hydrogens is 368 g/mol. The highest BCUT2D eigenvalue weighted by Crippen LogP contribution is 2.27. The number of halogens is 2. The molecule has 106 valence electrons. The standard InChI is InChI=1S/C12H10BrClN2O3S/c13-9-3-8(5-16-6-9)7-19-12-2-1-10(4-11(12)14)20(15,17)18/h1-6H,7H2,(H2,15,17,18). The maximum Gasteiger partial charge on any atom is 0.238 e. The van der Waals surface area contributed by atoms with Crippen LogP contribution in [0.2, 0.25) is 5.02 Å². The molecule has 0 amide bonds. The molecule has 1 aromatic carbocycles. The molecule has 0 aliphatic heterocycles. The normalized spacial score (nSPS) is 11.3. The van der Waals surface area contributed by atoms with Crippen molar-refractivity contribution in [3.05, 3.63) is 51.7 Å². The van der Waals surface area contributed by atoms with Crippen LogP contribution in [-0.2, 0) is 16.6 Å². The average Bonchev–Trinajstić information content (AvgIpc) is 2.36. The number of nitrogens with two attached hydrogens (primary N) is 1. The molecule has 0 saturated heterocycles. The van der Waals surface area contributed by atoms with Crippen LogP contribution in [0.15, 0.2) is 46.0 Å². The molecule has 0 bridgehead atoms. The Morgan fingerprint density at radius 1 is 1.30 bits per heavy atom. The van der Waals surface area contributed by atoms with Crippen molar-refractivity contribution in [2.75, 3.05) is 0 Å². The average molecular weight is 378 g/mol. The topological polar surface area (TPSA) is 82.3 Å². The van der Waals surface area contributed by atoms with Crippen molar-refractivity contribution >= 4 is 37.6 Å². The van der Waals surface area contributed by atoms with E-state index in [0.717, 1.165) is 10.0 Å². The van der Waals surface area contributed by atoms with Gasteiger partial charge in [0.25, 0.3) is 0 Å². The SMILES string of the molecule is NS(=O)(=O)c1ccc(OCc2cncc(Br)c2)c(Cl)c1. The second kappa shape index (κ2) is 6.09. The van der Waals surface area contributed by atoms with E-state index in [4.69, 9.17) is 21.5 Å². The summed E-state index contributed by atoms with van der Waals surface area (Å²) < 4.78 is 28.7. The van der Waals surface area contributed by atoms with Gasteiger partial charge in [0.2, 0.25) is 10.0 Å². The van der Waals surface area contributed by atoms with Crippen molar-refractivity contribution in [1.29, 1.82) is 0 Å². The second-order valence-corrected chi connectivity index (χ2v) is 6.82. The Hall–Kier alpha value is -1.15. The first kappa shape index (κ1) is 15.2. The van der Waals surface area contributed by atoms with E-state index in [1.165, 1.54) is 18.2 Å². The van der Waals surface area contributed by atoms with Crippen molar-refractivity contribution in [3.63, 3.8) is 0 Å². The predicted octanol–water partition coefficient (Wildman–Crippen LogP) is 2.72. The summed E-state index contributed by atoms with van der Waals surface area (Å²) in [5, 5.41) is 5.20. The minimum Gasteiger partial charge on any atom is -0.487 e. The van der Waals surface area contributed by atoms with Gasteiger partial charge in [-0.15, -0.1) is 0 Å². The number of rotatable bonds is 4. The molecule has 0 saturated carbocycles. The van der Waals surface area contributed by atoms with Crippen LogP contribution in [0.5, 0.6) is 5.75 Å². The molecule has 2 aromatic rings. The molecule has 0 unspecified atom stereocenters. The maximum absolute atomic E-state index is 11.2. The number of aromatic nitrogens is 1. The summed E-state index contributed by atoms with van der Waals surface area (Å²) in [6, 6.07) is 5.92. The smallest absolute Gasteiger partial charge is 0.238 e. The molecule has 0 aliphatic rings. The number of nitrogens with zero attached hydrogens (tertiary/aromatic N) is 1. The maximum atomic E-state index is 11.2. The zero-order valence-electron chi connectivity index (χ0n) is 10.1. The first-order chi connectivity index (χ1) is 9.36. The lowest BCUT2D eigenvalue weighted by molar-refractivity contribution is 0.305. The molecule has 2 rings (SSSR count). The van der Waals surface area contributed by atoms with Crippen molar-refractivity contribution in [1.82, 2.24) is 4.98 Å². The van der Waals surface area contributed by atoms with Gasteiger partial charge in [-0.25, -0.2) is 13.6 Å². The van der Waals surface area contributed by atoms with E-state index in [-0.39, 0.29) is 16.5 Å². The molecule has 5 nitrogen and oxygen atoms in total. The number of sulfonamides is 1. The van der Waals surface area contributed by atoms with Crippen LogP contribution in [0.1, 0.15) is 5.56 Å². The third-order valence-electron chi connectivity index (χ3n) is 2.39. The molecule has 0 fully saturated rings. The molecule has 1 aromatic heterocycles. The van der Waals surface area contributed by atoms with Crippen LogP contribution in [0.25, 0.3) is 0 Å². The summed E-state index contributed by atoms with van der Waals surface area (Å²) in [5.41, 5.74) is 0.853. The van der Waals surface area contributed by atoms with E-state index in [2.05, 4.69) is 20.9 Å². The van der Waals surface area contributed by atoms with Crippen molar-refractivity contribution in [2.45, 2.75) is 11.5 Å². The first-order valence-electron chi connectivity index (χ1n) is 5.41. The van der Waals surface area contributed by atoms with Crippen molar-refractivity contribution in [3.8, 4) is 5.75 Å². The Labute approximate surface area is 129 Å². The van der Waals surface area contributed by atoms with Gasteiger partial charge in [0.15, 0.2) is 0 Å². The Kier molecular flexibility index (Phi) is 4.64. The number of hydrogen-bond acceptors (Lipinski definition) is 4. The molecule has 20 heavy (non-hydrogen) atoms. The minimum absolute atomic E-state index is 0.0565. The third kappa shape index (κ3) is 3.92. The number of benzene rings is 1. The Bertz CT molecular complexity index is 737. The Morgan fingerprint density at radius 3 is 2.65 bits per heavy atom. The van der Waals surface area contributed by atoms with E-state index in [0.29, 0.717) is 5.75 Å². The summed E-state index contributed by atoms with van der Waals surface area (Å²) in [5.74, 6) is 0.374. The van der Waals surface area contributed by atoms with Gasteiger partial charge in [-0.1, -0.05) is 11.6 Å². The summed E-state index contributed by atoms with van der Waals surface area (Å²) in [4.78, 5) is 3.95. The van der Waals surface area contributed by atoms with Crippen molar-refractivity contribution < 1.29 is 13.2 Å². The fraction of sp³-hybridized carbons (Fsp3) is 0.0833. The van der Waals surface area contributed by atoms with Gasteiger partial charge >= 0.3 is 0 Å². The van der Waals surface area contributed by atoms with Crippen LogP contribution in [0.3, 0.4) is 0 Å². The predicted molar refractivity (Wildman–Crippen MR) is 79.1 cm³/mol. The lowest BCUT2D eigenvalue weighted by Crippen LogP contribution is -2.12. The van der Waals surface area contributed by atoms with Gasteiger partial charge < -0.3 is 4.74 Å². The first-order valence-corrected chi connectivity index (χ1v) is 8.12. The van der Waals surface area contributed by atoms with Gasteiger partial charge in [0, 0.05) is 22.4 Å². The van der Waals surface area contributed by atoms with E-state index >= 15 is 0 Å². The summed E-state index contributed by atoms with van der Waals surface area (Å²) in [6.45, 7) is 0.265. The highest BCUT2D eigenvalue weighted by Gasteiger charge is 2.11. The van der Waals surface area contributed by atoms with Crippen LogP contribution >= 0.6 is 27.5 Å². The van der Waals surface area contributed by atoms with Gasteiger partial charge in [-0.2, -0.15) is 0 Å².